The van der Waals surface area contributed by atoms with Gasteiger partial charge in [0, 0.05) is 0 Å². The topological polar surface area (TPSA) is 24.5 Å². The molecule has 3 unspecified atom stereocenters. The fourth-order valence-corrected chi connectivity index (χ4v) is 26.7. The molecule has 7 heteroatoms. The van der Waals surface area contributed by atoms with Gasteiger partial charge in [-0.15, -0.1) is 0 Å². The SMILES string of the molecule is Cc1cc(C)c2c(c1)C=[N+]1C3C4CC5CC(C4)CC3(C5)[N+]3=Cc4cc(C)cc(C)c4O[Te]13(Cl)(Cl)O2. The summed E-state index contributed by atoms with van der Waals surface area (Å²) in [4.78, 5) is 0. The Hall–Kier alpha value is -1.25. The number of nitrogens with zero attached hydrogens (tertiary/aromatic N) is 2. The third kappa shape index (κ3) is 2.35. The molecular weight excluding hydrogens is 595 g/mol. The molecule has 4 aliphatic carbocycles. The molecular formula is C28H32Cl2N2O2Te+2. The van der Waals surface area contributed by atoms with E-state index in [9.17, 15) is 0 Å². The second-order valence-electron chi connectivity index (χ2n) is 12.3. The first kappa shape index (κ1) is 21.8. The van der Waals surface area contributed by atoms with Crippen molar-refractivity contribution in [3.05, 3.63) is 57.6 Å². The molecule has 2 aromatic carbocycles. The predicted octanol–water partition coefficient (Wildman–Crippen LogP) is 6.04. The summed E-state index contributed by atoms with van der Waals surface area (Å²) in [5, 5.41) is 0. The van der Waals surface area contributed by atoms with E-state index < -0.39 is 14.6 Å². The van der Waals surface area contributed by atoms with Crippen LogP contribution in [0.3, 0.4) is 0 Å². The number of halogens is 2. The molecule has 4 saturated carbocycles. The monoisotopic (exact) mass is 628 g/mol. The average molecular weight is 627 g/mol. The van der Waals surface area contributed by atoms with E-state index in [-0.39, 0.29) is 11.6 Å². The van der Waals surface area contributed by atoms with Crippen molar-refractivity contribution < 1.29 is 11.9 Å². The number of hydrogen-bond acceptors (Lipinski definition) is 2. The first-order valence-corrected chi connectivity index (χ1v) is 22.8. The third-order valence-electron chi connectivity index (χ3n) is 9.68. The number of rotatable bonds is 0. The first-order chi connectivity index (χ1) is 16.4. The van der Waals surface area contributed by atoms with Gasteiger partial charge < -0.3 is 0 Å². The van der Waals surface area contributed by atoms with Crippen molar-refractivity contribution in [3.63, 3.8) is 0 Å². The van der Waals surface area contributed by atoms with Gasteiger partial charge in [-0.1, -0.05) is 0 Å². The Morgan fingerprint density at radius 2 is 1.34 bits per heavy atom. The molecule has 7 aliphatic rings. The van der Waals surface area contributed by atoms with Gasteiger partial charge in [0.15, 0.2) is 0 Å². The van der Waals surface area contributed by atoms with Crippen molar-refractivity contribution in [1.29, 1.82) is 0 Å². The Kier molecular flexibility index (Phi) is 3.68. The van der Waals surface area contributed by atoms with Gasteiger partial charge in [-0.2, -0.15) is 0 Å². The minimum atomic E-state index is -6.17. The van der Waals surface area contributed by atoms with Crippen LogP contribution in [0.25, 0.3) is 0 Å². The van der Waals surface area contributed by atoms with Crippen molar-refractivity contribution in [3.8, 4) is 11.5 Å². The molecule has 3 heterocycles. The van der Waals surface area contributed by atoms with Crippen LogP contribution in [-0.2, 0) is 0 Å². The summed E-state index contributed by atoms with van der Waals surface area (Å²) < 4.78 is 18.9. The van der Waals surface area contributed by atoms with Gasteiger partial charge in [0.25, 0.3) is 0 Å². The summed E-state index contributed by atoms with van der Waals surface area (Å²) in [5.41, 5.74) is 6.46. The van der Waals surface area contributed by atoms with Gasteiger partial charge in [-0.25, -0.2) is 0 Å². The summed E-state index contributed by atoms with van der Waals surface area (Å²) in [6, 6.07) is 8.88. The first-order valence-electron chi connectivity index (χ1n) is 12.9. The van der Waals surface area contributed by atoms with Gasteiger partial charge in [0.1, 0.15) is 0 Å². The second kappa shape index (κ2) is 5.91. The molecule has 0 amide bonds. The number of benzene rings is 2. The Labute approximate surface area is 214 Å². The second-order valence-corrected chi connectivity index (χ2v) is 31.7. The van der Waals surface area contributed by atoms with Crippen LogP contribution in [0.4, 0.5) is 0 Å². The van der Waals surface area contributed by atoms with Crippen molar-refractivity contribution in [2.24, 2.45) is 17.8 Å². The molecule has 2 aromatic rings. The molecule has 35 heavy (non-hydrogen) atoms. The molecule has 4 nitrogen and oxygen atoms in total. The molecule has 0 aromatic heterocycles. The maximum atomic E-state index is 8.17. The zero-order valence-corrected chi connectivity index (χ0v) is 24.5. The van der Waals surface area contributed by atoms with E-state index in [0.29, 0.717) is 5.92 Å². The maximum absolute atomic E-state index is 8.17. The van der Waals surface area contributed by atoms with Crippen LogP contribution in [0.1, 0.15) is 65.5 Å². The molecule has 0 N–H and O–H groups in total. The van der Waals surface area contributed by atoms with Crippen molar-refractivity contribution in [2.45, 2.75) is 71.4 Å². The van der Waals surface area contributed by atoms with Crippen LogP contribution in [0, 0.1) is 45.4 Å². The van der Waals surface area contributed by atoms with Crippen LogP contribution in [-0.4, -0.2) is 44.2 Å². The number of aryl methyl sites for hydroxylation is 4. The molecule has 1 saturated heterocycles. The fourth-order valence-electron chi connectivity index (χ4n) is 9.03. The fraction of sp³-hybridized carbons (Fsp3) is 0.500. The zero-order chi connectivity index (χ0) is 24.2. The van der Waals surface area contributed by atoms with Gasteiger partial charge in [-0.3, -0.25) is 0 Å². The van der Waals surface area contributed by atoms with E-state index in [1.165, 1.54) is 30.4 Å². The molecule has 5 fully saturated rings. The Balaban J connectivity index is 1.52. The van der Waals surface area contributed by atoms with E-state index in [4.69, 9.17) is 24.1 Å². The predicted molar refractivity (Wildman–Crippen MR) is 141 cm³/mol. The molecule has 4 bridgehead atoms. The van der Waals surface area contributed by atoms with E-state index in [0.717, 1.165) is 58.4 Å². The quantitative estimate of drug-likeness (QED) is 0.333. The molecule has 3 atom stereocenters. The number of hydrogen-bond donors (Lipinski definition) is 0. The van der Waals surface area contributed by atoms with Gasteiger partial charge in [0.05, 0.1) is 0 Å². The van der Waals surface area contributed by atoms with E-state index in [1.54, 1.807) is 0 Å². The van der Waals surface area contributed by atoms with Gasteiger partial charge in [-0.05, 0) is 0 Å². The van der Waals surface area contributed by atoms with Crippen molar-refractivity contribution >= 4 is 44.9 Å². The van der Waals surface area contributed by atoms with Crippen LogP contribution in [0.15, 0.2) is 24.3 Å². The summed E-state index contributed by atoms with van der Waals surface area (Å²) in [7, 11) is 16.3. The molecule has 184 valence electrons. The summed E-state index contributed by atoms with van der Waals surface area (Å²) >= 11 is -6.17. The molecule has 9 rings (SSSR count). The van der Waals surface area contributed by atoms with Gasteiger partial charge >= 0.3 is 215 Å². The van der Waals surface area contributed by atoms with Crippen LogP contribution < -0.4 is 6.20 Å². The summed E-state index contributed by atoms with van der Waals surface area (Å²) in [5.74, 6) is 3.54. The van der Waals surface area contributed by atoms with Crippen LogP contribution in [0.2, 0.25) is 0 Å². The minimum absolute atomic E-state index is 0.166. The van der Waals surface area contributed by atoms with E-state index >= 15 is 0 Å². The van der Waals surface area contributed by atoms with E-state index in [1.807, 2.05) is 0 Å². The molecule has 0 radical (unpaired) electrons. The molecule has 2 spiro atoms. The number of fused-ring (bicyclic) bond motifs is 2. The molecule has 3 aliphatic heterocycles. The van der Waals surface area contributed by atoms with Crippen LogP contribution >= 0.6 is 17.9 Å². The zero-order valence-electron chi connectivity index (χ0n) is 20.7. The summed E-state index contributed by atoms with van der Waals surface area (Å²) in [6.45, 7) is 8.44. The van der Waals surface area contributed by atoms with Crippen molar-refractivity contribution in [2.75, 3.05) is 0 Å². The van der Waals surface area contributed by atoms with Crippen molar-refractivity contribution in [1.82, 2.24) is 0 Å². The Morgan fingerprint density at radius 3 is 1.91 bits per heavy atom. The van der Waals surface area contributed by atoms with E-state index in [2.05, 4.69) is 70.0 Å². The van der Waals surface area contributed by atoms with Crippen LogP contribution in [0.5, 0.6) is 11.5 Å². The third-order valence-corrected chi connectivity index (χ3v) is 25.4. The summed E-state index contributed by atoms with van der Waals surface area (Å²) in [6.07, 6.45) is 10.5. The average Bonchev–Trinajstić information content (AvgIpc) is 2.90. The standard InChI is InChI=1S/C28H32Cl2N2O2Te/c1-16-5-18(3)25-23(7-16)14-31-27-22-10-20-9-21(11-22)13-28(27,12-20)32-15-24-8-17(2)6-19(4)26(24)34-35(31,32,29,30)33-25/h5-8,14-15,20-22,27H,9-13H2,1-4H3/q+2. The van der Waals surface area contributed by atoms with Gasteiger partial charge in [0.2, 0.25) is 0 Å². The normalized spacial score (nSPS) is 38.9. The Morgan fingerprint density at radius 1 is 0.800 bits per heavy atom. The Bertz CT molecular complexity index is 1470.